The van der Waals surface area contributed by atoms with Gasteiger partial charge >= 0.3 is 0 Å². The number of aromatic nitrogens is 3. The van der Waals surface area contributed by atoms with Gasteiger partial charge in [0.15, 0.2) is 0 Å². The molecule has 1 atom stereocenters. The fourth-order valence-corrected chi connectivity index (χ4v) is 1.90. The Labute approximate surface area is 118 Å². The monoisotopic (exact) mass is 273 g/mol. The van der Waals surface area contributed by atoms with Gasteiger partial charge in [0.05, 0.1) is 12.2 Å². The van der Waals surface area contributed by atoms with Gasteiger partial charge in [-0.2, -0.15) is 0 Å². The number of hydrogen-bond acceptors (Lipinski definition) is 4. The van der Waals surface area contributed by atoms with Gasteiger partial charge < -0.3 is 11.1 Å². The van der Waals surface area contributed by atoms with E-state index < -0.39 is 6.04 Å². The number of aryl methyl sites for hydroxylation is 1. The van der Waals surface area contributed by atoms with Crippen molar-refractivity contribution in [2.75, 3.05) is 6.54 Å². The van der Waals surface area contributed by atoms with Crippen LogP contribution in [0.2, 0.25) is 0 Å². The van der Waals surface area contributed by atoms with Crippen LogP contribution in [0.4, 0.5) is 0 Å². The molecule has 0 aliphatic carbocycles. The molecule has 0 unspecified atom stereocenters. The third-order valence-corrected chi connectivity index (χ3v) is 2.97. The van der Waals surface area contributed by atoms with Crippen molar-refractivity contribution in [3.05, 3.63) is 48.3 Å². The van der Waals surface area contributed by atoms with E-state index in [0.717, 1.165) is 18.5 Å². The van der Waals surface area contributed by atoms with Crippen LogP contribution in [0.1, 0.15) is 12.0 Å². The van der Waals surface area contributed by atoms with Gasteiger partial charge in [0, 0.05) is 19.3 Å². The van der Waals surface area contributed by atoms with Crippen molar-refractivity contribution in [3.63, 3.8) is 0 Å². The first kappa shape index (κ1) is 14.2. The molecule has 6 nitrogen and oxygen atoms in total. The molecule has 0 saturated carbocycles. The number of carbonyl (C=O) groups is 1. The predicted molar refractivity (Wildman–Crippen MR) is 75.8 cm³/mol. The maximum Gasteiger partial charge on any atom is 0.237 e. The van der Waals surface area contributed by atoms with Gasteiger partial charge in [0.2, 0.25) is 5.91 Å². The number of nitrogens with two attached hydrogens (primary N) is 1. The van der Waals surface area contributed by atoms with Crippen molar-refractivity contribution in [2.24, 2.45) is 5.73 Å². The van der Waals surface area contributed by atoms with Crippen LogP contribution in [0.5, 0.6) is 0 Å². The lowest BCUT2D eigenvalue weighted by molar-refractivity contribution is -0.122. The van der Waals surface area contributed by atoms with Crippen molar-refractivity contribution in [3.8, 4) is 0 Å². The zero-order chi connectivity index (χ0) is 14.2. The van der Waals surface area contributed by atoms with E-state index in [0.29, 0.717) is 13.0 Å². The molecule has 6 heteroatoms. The van der Waals surface area contributed by atoms with Crippen molar-refractivity contribution in [1.82, 2.24) is 20.3 Å². The minimum atomic E-state index is -0.510. The van der Waals surface area contributed by atoms with E-state index >= 15 is 0 Å². The number of nitrogens with zero attached hydrogens (tertiary/aromatic N) is 3. The molecule has 0 bridgehead atoms. The van der Waals surface area contributed by atoms with Crippen LogP contribution in [0.15, 0.2) is 42.7 Å². The highest BCUT2D eigenvalue weighted by Crippen LogP contribution is 2.01. The molecule has 0 spiro atoms. The normalized spacial score (nSPS) is 12.1. The number of rotatable bonds is 7. The fraction of sp³-hybridized carbons (Fsp3) is 0.357. The fourth-order valence-electron chi connectivity index (χ4n) is 1.90. The quantitative estimate of drug-likeness (QED) is 0.713. The van der Waals surface area contributed by atoms with Crippen LogP contribution in [-0.2, 0) is 17.8 Å². The summed E-state index contributed by atoms with van der Waals surface area (Å²) in [5.41, 5.74) is 6.95. The van der Waals surface area contributed by atoms with E-state index in [1.54, 1.807) is 17.1 Å². The standard InChI is InChI=1S/C14H19N5O/c15-13(11-12-5-2-1-3-6-12)14(20)16-7-4-9-19-10-8-17-18-19/h1-3,5-6,8,10,13H,4,7,9,11,15H2,(H,16,20)/t13-/m0/s1. The van der Waals surface area contributed by atoms with Crippen LogP contribution in [0, 0.1) is 0 Å². The van der Waals surface area contributed by atoms with Crippen LogP contribution in [0.3, 0.4) is 0 Å². The number of benzene rings is 1. The summed E-state index contributed by atoms with van der Waals surface area (Å²) in [6.07, 6.45) is 4.78. The average Bonchev–Trinajstić information content (AvgIpc) is 2.97. The van der Waals surface area contributed by atoms with Crippen LogP contribution >= 0.6 is 0 Å². The molecule has 0 fully saturated rings. The van der Waals surface area contributed by atoms with E-state index in [9.17, 15) is 4.79 Å². The summed E-state index contributed by atoms with van der Waals surface area (Å²) in [6, 6.07) is 9.26. The van der Waals surface area contributed by atoms with Crippen LogP contribution < -0.4 is 11.1 Å². The summed E-state index contributed by atoms with van der Waals surface area (Å²) >= 11 is 0. The van der Waals surface area contributed by atoms with Gasteiger partial charge in [-0.3, -0.25) is 9.48 Å². The first-order chi connectivity index (χ1) is 9.75. The van der Waals surface area contributed by atoms with E-state index in [-0.39, 0.29) is 5.91 Å². The SMILES string of the molecule is N[C@@H](Cc1ccccc1)C(=O)NCCCn1ccnn1. The van der Waals surface area contributed by atoms with Crippen LogP contribution in [0.25, 0.3) is 0 Å². The van der Waals surface area contributed by atoms with Gasteiger partial charge in [-0.1, -0.05) is 35.5 Å². The Morgan fingerprint density at radius 1 is 1.35 bits per heavy atom. The Morgan fingerprint density at radius 2 is 2.15 bits per heavy atom. The highest BCUT2D eigenvalue weighted by atomic mass is 16.2. The number of carbonyl (C=O) groups excluding carboxylic acids is 1. The number of hydrogen-bond donors (Lipinski definition) is 2. The highest BCUT2D eigenvalue weighted by molar-refractivity contribution is 5.81. The molecule has 0 saturated heterocycles. The molecule has 106 valence electrons. The van der Waals surface area contributed by atoms with Crippen molar-refractivity contribution in [1.29, 1.82) is 0 Å². The smallest absolute Gasteiger partial charge is 0.237 e. The molecule has 1 heterocycles. The summed E-state index contributed by atoms with van der Waals surface area (Å²) in [4.78, 5) is 11.8. The minimum absolute atomic E-state index is 0.118. The minimum Gasteiger partial charge on any atom is -0.355 e. The molecular weight excluding hydrogens is 254 g/mol. The van der Waals surface area contributed by atoms with Gasteiger partial charge in [-0.05, 0) is 18.4 Å². The summed E-state index contributed by atoms with van der Waals surface area (Å²) in [5.74, 6) is -0.118. The van der Waals surface area contributed by atoms with E-state index in [2.05, 4.69) is 15.6 Å². The summed E-state index contributed by atoms with van der Waals surface area (Å²) < 4.78 is 1.73. The Balaban J connectivity index is 1.66. The summed E-state index contributed by atoms with van der Waals surface area (Å²) in [5, 5.41) is 10.4. The number of nitrogens with one attached hydrogen (secondary N) is 1. The Kier molecular flexibility index (Phi) is 5.25. The first-order valence-electron chi connectivity index (χ1n) is 6.67. The summed E-state index contributed by atoms with van der Waals surface area (Å²) in [6.45, 7) is 1.31. The third kappa shape index (κ3) is 4.47. The second kappa shape index (κ2) is 7.40. The molecular formula is C14H19N5O. The molecule has 3 N–H and O–H groups in total. The largest absolute Gasteiger partial charge is 0.355 e. The average molecular weight is 273 g/mol. The van der Waals surface area contributed by atoms with Gasteiger partial charge in [0.25, 0.3) is 0 Å². The molecule has 2 aromatic rings. The van der Waals surface area contributed by atoms with Crippen molar-refractivity contribution < 1.29 is 4.79 Å². The molecule has 0 aliphatic rings. The first-order valence-corrected chi connectivity index (χ1v) is 6.67. The summed E-state index contributed by atoms with van der Waals surface area (Å²) in [7, 11) is 0. The molecule has 1 aromatic carbocycles. The lowest BCUT2D eigenvalue weighted by Crippen LogP contribution is -2.42. The zero-order valence-electron chi connectivity index (χ0n) is 11.3. The molecule has 0 radical (unpaired) electrons. The van der Waals surface area contributed by atoms with Gasteiger partial charge in [0.1, 0.15) is 0 Å². The van der Waals surface area contributed by atoms with Gasteiger partial charge in [-0.15, -0.1) is 5.10 Å². The lowest BCUT2D eigenvalue weighted by atomic mass is 10.1. The van der Waals surface area contributed by atoms with E-state index in [1.165, 1.54) is 0 Å². The Hall–Kier alpha value is -2.21. The highest BCUT2D eigenvalue weighted by Gasteiger charge is 2.13. The third-order valence-electron chi connectivity index (χ3n) is 2.97. The zero-order valence-corrected chi connectivity index (χ0v) is 11.3. The second-order valence-electron chi connectivity index (χ2n) is 4.61. The van der Waals surface area contributed by atoms with Gasteiger partial charge in [-0.25, -0.2) is 0 Å². The number of amides is 1. The molecule has 1 aromatic heterocycles. The lowest BCUT2D eigenvalue weighted by Gasteiger charge is -2.12. The molecule has 20 heavy (non-hydrogen) atoms. The maximum absolute atomic E-state index is 11.8. The molecule has 2 rings (SSSR count). The van der Waals surface area contributed by atoms with Crippen molar-refractivity contribution >= 4 is 5.91 Å². The van der Waals surface area contributed by atoms with Crippen molar-refractivity contribution in [2.45, 2.75) is 25.4 Å². The molecule has 1 amide bonds. The molecule has 0 aliphatic heterocycles. The Bertz CT molecular complexity index is 512. The predicted octanol–water partition coefficient (Wildman–Crippen LogP) is 0.354. The van der Waals surface area contributed by atoms with Crippen LogP contribution in [-0.4, -0.2) is 33.5 Å². The van der Waals surface area contributed by atoms with E-state index in [4.69, 9.17) is 5.73 Å². The topological polar surface area (TPSA) is 85.8 Å². The second-order valence-corrected chi connectivity index (χ2v) is 4.61. The maximum atomic E-state index is 11.8. The Morgan fingerprint density at radius 3 is 2.85 bits per heavy atom. The van der Waals surface area contributed by atoms with E-state index in [1.807, 2.05) is 30.3 Å².